The van der Waals surface area contributed by atoms with Gasteiger partial charge in [-0.3, -0.25) is 9.36 Å². The SMILES string of the molecule is COc1ccc(Nc2nc3ccc(C(=O)N(CCC(C)C)CCC(C)C)nc3n2CCCN2CCCCC2)cc1. The predicted octanol–water partition coefficient (Wildman–Crippen LogP) is 6.59. The fraction of sp³-hybridized carbons (Fsp3) is 0.594. The monoisotopic (exact) mass is 548 g/mol. The van der Waals surface area contributed by atoms with Crippen LogP contribution in [0, 0.1) is 11.8 Å². The molecule has 8 nitrogen and oxygen atoms in total. The lowest BCUT2D eigenvalue weighted by molar-refractivity contribution is 0.0735. The van der Waals surface area contributed by atoms with Crippen LogP contribution in [-0.2, 0) is 6.54 Å². The first-order chi connectivity index (χ1) is 19.3. The molecule has 3 heterocycles. The molecule has 0 spiro atoms. The number of fused-ring (bicyclic) bond motifs is 1. The number of methoxy groups -OCH3 is 1. The van der Waals surface area contributed by atoms with Crippen molar-refractivity contribution in [1.29, 1.82) is 0 Å². The molecule has 1 aliphatic heterocycles. The Labute approximate surface area is 240 Å². The molecule has 4 rings (SSSR count). The Bertz CT molecular complexity index is 1200. The summed E-state index contributed by atoms with van der Waals surface area (Å²) in [6.45, 7) is 14.5. The van der Waals surface area contributed by atoms with Gasteiger partial charge in [0.05, 0.1) is 7.11 Å². The van der Waals surface area contributed by atoms with Gasteiger partial charge in [-0.2, -0.15) is 0 Å². The van der Waals surface area contributed by atoms with Crippen molar-refractivity contribution in [2.45, 2.75) is 72.8 Å². The van der Waals surface area contributed by atoms with Gasteiger partial charge in [-0.1, -0.05) is 34.1 Å². The topological polar surface area (TPSA) is 75.5 Å². The van der Waals surface area contributed by atoms with Gasteiger partial charge in [-0.15, -0.1) is 0 Å². The molecule has 1 aliphatic rings. The predicted molar refractivity (Wildman–Crippen MR) is 164 cm³/mol. The number of nitrogens with one attached hydrogen (secondary N) is 1. The van der Waals surface area contributed by atoms with E-state index in [9.17, 15) is 4.79 Å². The van der Waals surface area contributed by atoms with E-state index in [-0.39, 0.29) is 5.91 Å². The first-order valence-corrected chi connectivity index (χ1v) is 15.1. The third kappa shape index (κ3) is 8.19. The highest BCUT2D eigenvalue weighted by Gasteiger charge is 2.21. The van der Waals surface area contributed by atoms with Crippen molar-refractivity contribution in [3.05, 3.63) is 42.1 Å². The first kappa shape index (κ1) is 29.8. The van der Waals surface area contributed by atoms with E-state index in [0.29, 0.717) is 17.5 Å². The van der Waals surface area contributed by atoms with E-state index in [1.165, 1.54) is 32.4 Å². The van der Waals surface area contributed by atoms with Gasteiger partial charge in [0.2, 0.25) is 5.95 Å². The number of pyridine rings is 1. The van der Waals surface area contributed by atoms with Gasteiger partial charge in [0.25, 0.3) is 5.91 Å². The van der Waals surface area contributed by atoms with Crippen LogP contribution in [0.2, 0.25) is 0 Å². The number of likely N-dealkylation sites (tertiary alicyclic amines) is 1. The lowest BCUT2D eigenvalue weighted by atomic mass is 10.1. The van der Waals surface area contributed by atoms with E-state index in [1.54, 1.807) is 7.11 Å². The van der Waals surface area contributed by atoms with Crippen LogP contribution in [0.5, 0.6) is 5.75 Å². The largest absolute Gasteiger partial charge is 0.497 e. The van der Waals surface area contributed by atoms with Gasteiger partial charge in [-0.25, -0.2) is 9.97 Å². The molecule has 1 N–H and O–H groups in total. The Morgan fingerprint density at radius 3 is 2.23 bits per heavy atom. The van der Waals surface area contributed by atoms with Crippen molar-refractivity contribution < 1.29 is 9.53 Å². The number of ether oxygens (including phenoxy) is 1. The molecule has 0 aliphatic carbocycles. The summed E-state index contributed by atoms with van der Waals surface area (Å²) in [4.78, 5) is 28.1. The molecule has 1 aromatic carbocycles. The van der Waals surface area contributed by atoms with E-state index >= 15 is 0 Å². The van der Waals surface area contributed by atoms with E-state index in [2.05, 4.69) is 42.5 Å². The molecule has 0 atom stereocenters. The second kappa shape index (κ2) is 14.5. The summed E-state index contributed by atoms with van der Waals surface area (Å²) in [5.74, 6) is 2.64. The van der Waals surface area contributed by atoms with E-state index in [1.807, 2.05) is 41.3 Å². The van der Waals surface area contributed by atoms with Crippen molar-refractivity contribution >= 4 is 28.7 Å². The minimum absolute atomic E-state index is 0.00827. The number of hydrogen-bond donors (Lipinski definition) is 1. The van der Waals surface area contributed by atoms with Gasteiger partial charge in [-0.05, 0) is 100.0 Å². The molecular weight excluding hydrogens is 500 g/mol. The molecule has 0 saturated carbocycles. The van der Waals surface area contributed by atoms with Crippen LogP contribution >= 0.6 is 0 Å². The highest BCUT2D eigenvalue weighted by Crippen LogP contribution is 2.25. The van der Waals surface area contributed by atoms with Crippen LogP contribution < -0.4 is 10.1 Å². The van der Waals surface area contributed by atoms with Gasteiger partial charge < -0.3 is 19.9 Å². The Balaban J connectivity index is 1.61. The zero-order valence-electron chi connectivity index (χ0n) is 25.2. The lowest BCUT2D eigenvalue weighted by Crippen LogP contribution is -2.34. The smallest absolute Gasteiger partial charge is 0.272 e. The quantitative estimate of drug-likeness (QED) is 0.245. The van der Waals surface area contributed by atoms with E-state index < -0.39 is 0 Å². The molecule has 2 aromatic heterocycles. The molecule has 218 valence electrons. The van der Waals surface area contributed by atoms with Crippen molar-refractivity contribution in [1.82, 2.24) is 24.3 Å². The number of amides is 1. The zero-order valence-corrected chi connectivity index (χ0v) is 25.2. The first-order valence-electron chi connectivity index (χ1n) is 15.1. The molecule has 3 aromatic rings. The summed E-state index contributed by atoms with van der Waals surface area (Å²) in [7, 11) is 1.67. The Hall–Kier alpha value is -3.13. The number of aromatic nitrogens is 3. The molecule has 1 fully saturated rings. The molecular formula is C32H48N6O2. The minimum atomic E-state index is 0.00827. The standard InChI is InChI=1S/C32H48N6O2/c1-24(2)16-22-37(23-17-25(3)4)31(39)29-15-14-28-30(34-29)38(21-9-20-36-18-7-6-8-19-36)32(35-28)33-26-10-12-27(40-5)13-11-26/h10-15,24-25H,6-9,16-23H2,1-5H3,(H,33,35). The van der Waals surface area contributed by atoms with Crippen LogP contribution in [0.15, 0.2) is 36.4 Å². The summed E-state index contributed by atoms with van der Waals surface area (Å²) in [6.07, 6.45) is 6.87. The maximum Gasteiger partial charge on any atom is 0.272 e. The van der Waals surface area contributed by atoms with Gasteiger partial charge in [0, 0.05) is 25.3 Å². The second-order valence-corrected chi connectivity index (χ2v) is 11.9. The van der Waals surface area contributed by atoms with Crippen LogP contribution in [-0.4, -0.2) is 70.1 Å². The average molecular weight is 549 g/mol. The number of nitrogens with zero attached hydrogens (tertiary/aromatic N) is 5. The number of hydrogen-bond acceptors (Lipinski definition) is 6. The normalized spacial score (nSPS) is 14.3. The number of carbonyl (C=O) groups excluding carboxylic acids is 1. The Morgan fingerprint density at radius 1 is 0.925 bits per heavy atom. The summed E-state index contributed by atoms with van der Waals surface area (Å²) in [5, 5.41) is 3.49. The van der Waals surface area contributed by atoms with E-state index in [0.717, 1.165) is 74.0 Å². The number of anilines is 2. The van der Waals surface area contributed by atoms with Crippen LogP contribution in [0.1, 0.15) is 76.7 Å². The maximum absolute atomic E-state index is 13.7. The third-order valence-electron chi connectivity index (χ3n) is 7.70. The summed E-state index contributed by atoms with van der Waals surface area (Å²) >= 11 is 0. The number of piperidine rings is 1. The summed E-state index contributed by atoms with van der Waals surface area (Å²) in [5.41, 5.74) is 2.97. The van der Waals surface area contributed by atoms with E-state index in [4.69, 9.17) is 14.7 Å². The fourth-order valence-electron chi connectivity index (χ4n) is 5.17. The molecule has 8 heteroatoms. The van der Waals surface area contributed by atoms with Crippen LogP contribution in [0.25, 0.3) is 11.2 Å². The van der Waals surface area contributed by atoms with Crippen molar-refractivity contribution in [3.63, 3.8) is 0 Å². The number of imidazole rings is 1. The summed E-state index contributed by atoms with van der Waals surface area (Å²) in [6, 6.07) is 11.6. The Morgan fingerprint density at radius 2 is 1.60 bits per heavy atom. The van der Waals surface area contributed by atoms with Crippen molar-refractivity contribution in [2.75, 3.05) is 45.2 Å². The van der Waals surface area contributed by atoms with Gasteiger partial charge in [0.1, 0.15) is 17.0 Å². The Kier molecular flexibility index (Phi) is 10.8. The minimum Gasteiger partial charge on any atom is -0.497 e. The third-order valence-corrected chi connectivity index (χ3v) is 7.70. The molecule has 1 saturated heterocycles. The highest BCUT2D eigenvalue weighted by molar-refractivity contribution is 5.94. The van der Waals surface area contributed by atoms with Crippen LogP contribution in [0.3, 0.4) is 0 Å². The second-order valence-electron chi connectivity index (χ2n) is 11.9. The molecule has 0 unspecified atom stereocenters. The van der Waals surface area contributed by atoms with Gasteiger partial charge >= 0.3 is 0 Å². The van der Waals surface area contributed by atoms with Crippen molar-refractivity contribution in [3.8, 4) is 5.75 Å². The average Bonchev–Trinajstić information content (AvgIpc) is 3.29. The molecule has 0 radical (unpaired) electrons. The molecule has 1 amide bonds. The molecule has 0 bridgehead atoms. The summed E-state index contributed by atoms with van der Waals surface area (Å²) < 4.78 is 7.46. The maximum atomic E-state index is 13.7. The number of carbonyl (C=O) groups is 1. The molecule has 40 heavy (non-hydrogen) atoms. The number of aryl methyl sites for hydroxylation is 1. The van der Waals surface area contributed by atoms with Gasteiger partial charge in [0.15, 0.2) is 5.65 Å². The fourth-order valence-corrected chi connectivity index (χ4v) is 5.17. The number of benzene rings is 1. The van der Waals surface area contributed by atoms with Crippen molar-refractivity contribution in [2.24, 2.45) is 11.8 Å². The number of rotatable bonds is 14. The lowest BCUT2D eigenvalue weighted by Gasteiger charge is -2.26. The highest BCUT2D eigenvalue weighted by atomic mass is 16.5. The van der Waals surface area contributed by atoms with Crippen LogP contribution in [0.4, 0.5) is 11.6 Å². The zero-order chi connectivity index (χ0) is 28.5.